The van der Waals surface area contributed by atoms with E-state index < -0.39 is 0 Å². The molecular formula is C19H22N4O4. The molecule has 3 N–H and O–H groups in total. The number of aromatic nitrogens is 2. The van der Waals surface area contributed by atoms with Gasteiger partial charge in [-0.25, -0.2) is 4.98 Å². The van der Waals surface area contributed by atoms with Crippen molar-refractivity contribution in [2.45, 2.75) is 0 Å². The van der Waals surface area contributed by atoms with Crippen LogP contribution in [-0.2, 0) is 9.53 Å². The van der Waals surface area contributed by atoms with Crippen molar-refractivity contribution in [2.75, 3.05) is 39.7 Å². The number of nitrogen functional groups attached to an aromatic ring is 1. The quantitative estimate of drug-likeness (QED) is 0.463. The third-order valence-electron chi connectivity index (χ3n) is 3.96. The lowest BCUT2D eigenvalue weighted by atomic mass is 10.1. The smallest absolute Gasteiger partial charge is 0.258 e. The van der Waals surface area contributed by atoms with E-state index in [1.807, 2.05) is 35.0 Å². The summed E-state index contributed by atoms with van der Waals surface area (Å²) >= 11 is 0. The van der Waals surface area contributed by atoms with Gasteiger partial charge in [0.1, 0.15) is 5.75 Å². The zero-order chi connectivity index (χ0) is 19.2. The molecule has 0 radical (unpaired) electrons. The average Bonchev–Trinajstić information content (AvgIpc) is 3.11. The van der Waals surface area contributed by atoms with Gasteiger partial charge in [0.05, 0.1) is 25.1 Å². The fourth-order valence-electron chi connectivity index (χ4n) is 2.62. The summed E-state index contributed by atoms with van der Waals surface area (Å²) < 4.78 is 17.6. The molecule has 1 aromatic carbocycles. The molecule has 0 saturated heterocycles. The Bertz CT molecular complexity index is 939. The highest BCUT2D eigenvalue weighted by atomic mass is 16.5. The van der Waals surface area contributed by atoms with Crippen molar-refractivity contribution in [3.05, 3.63) is 42.7 Å². The van der Waals surface area contributed by atoms with Crippen LogP contribution in [0.5, 0.6) is 11.5 Å². The first-order chi connectivity index (χ1) is 13.1. The highest BCUT2D eigenvalue weighted by Crippen LogP contribution is 2.29. The first-order valence-electron chi connectivity index (χ1n) is 8.42. The number of anilines is 1. The van der Waals surface area contributed by atoms with Crippen LogP contribution in [-0.4, -0.2) is 49.3 Å². The SMILES string of the molecule is COCCNC(=O)COc1cccn2cc(-c3ccc(OC)c(N)c3)nc12. The molecule has 0 spiro atoms. The molecule has 0 unspecified atom stereocenters. The number of hydrogen-bond donors (Lipinski definition) is 2. The number of nitrogens with two attached hydrogens (primary N) is 1. The van der Waals surface area contributed by atoms with Gasteiger partial charge in [0.15, 0.2) is 18.0 Å². The first kappa shape index (κ1) is 18.5. The molecule has 0 aliphatic carbocycles. The Hall–Kier alpha value is -3.26. The monoisotopic (exact) mass is 370 g/mol. The fraction of sp³-hybridized carbons (Fsp3) is 0.263. The number of rotatable bonds is 8. The van der Waals surface area contributed by atoms with E-state index in [1.54, 1.807) is 26.4 Å². The van der Waals surface area contributed by atoms with Crippen LogP contribution >= 0.6 is 0 Å². The second-order valence-corrected chi connectivity index (χ2v) is 5.82. The summed E-state index contributed by atoms with van der Waals surface area (Å²) in [6, 6.07) is 9.11. The number of methoxy groups -OCH3 is 2. The number of pyridine rings is 1. The number of ether oxygens (including phenoxy) is 3. The van der Waals surface area contributed by atoms with Gasteiger partial charge in [-0.15, -0.1) is 0 Å². The Kier molecular flexibility index (Phi) is 5.77. The molecule has 3 rings (SSSR count). The van der Waals surface area contributed by atoms with Crippen molar-refractivity contribution in [1.29, 1.82) is 0 Å². The van der Waals surface area contributed by atoms with Gasteiger partial charge in [-0.2, -0.15) is 0 Å². The van der Waals surface area contributed by atoms with Gasteiger partial charge in [-0.1, -0.05) is 0 Å². The van der Waals surface area contributed by atoms with Gasteiger partial charge in [-0.05, 0) is 30.3 Å². The molecule has 2 heterocycles. The standard InChI is InChI=1S/C19H22N4O4/c1-25-9-7-21-18(24)12-27-17-4-3-8-23-11-15(22-19(17)23)13-5-6-16(26-2)14(20)10-13/h3-6,8,10-11H,7,9,12,20H2,1-2H3,(H,21,24). The number of benzene rings is 1. The summed E-state index contributed by atoms with van der Waals surface area (Å²) in [7, 11) is 3.15. The van der Waals surface area contributed by atoms with Crippen LogP contribution < -0.4 is 20.5 Å². The Labute approximate surface area is 156 Å². The minimum Gasteiger partial charge on any atom is -0.495 e. The average molecular weight is 370 g/mol. The maximum absolute atomic E-state index is 11.8. The number of carbonyl (C=O) groups excluding carboxylic acids is 1. The molecule has 8 nitrogen and oxygen atoms in total. The van der Waals surface area contributed by atoms with E-state index in [1.165, 1.54) is 0 Å². The lowest BCUT2D eigenvalue weighted by molar-refractivity contribution is -0.123. The van der Waals surface area contributed by atoms with E-state index in [0.717, 1.165) is 11.3 Å². The minimum atomic E-state index is -0.219. The van der Waals surface area contributed by atoms with E-state index >= 15 is 0 Å². The van der Waals surface area contributed by atoms with Crippen molar-refractivity contribution in [1.82, 2.24) is 14.7 Å². The van der Waals surface area contributed by atoms with Crippen molar-refractivity contribution >= 4 is 17.2 Å². The van der Waals surface area contributed by atoms with Gasteiger partial charge in [0, 0.05) is 31.6 Å². The van der Waals surface area contributed by atoms with Crippen molar-refractivity contribution < 1.29 is 19.0 Å². The summed E-state index contributed by atoms with van der Waals surface area (Å²) in [6.45, 7) is 0.798. The molecule has 0 fully saturated rings. The molecule has 1 amide bonds. The zero-order valence-electron chi connectivity index (χ0n) is 15.3. The van der Waals surface area contributed by atoms with Gasteiger partial charge >= 0.3 is 0 Å². The molecule has 8 heteroatoms. The molecule has 3 aromatic rings. The van der Waals surface area contributed by atoms with Crippen LogP contribution in [0, 0.1) is 0 Å². The van der Waals surface area contributed by atoms with E-state index in [-0.39, 0.29) is 12.5 Å². The van der Waals surface area contributed by atoms with E-state index in [2.05, 4.69) is 10.3 Å². The summed E-state index contributed by atoms with van der Waals surface area (Å²) in [5.74, 6) is 0.918. The number of amides is 1. The van der Waals surface area contributed by atoms with Crippen molar-refractivity contribution in [3.8, 4) is 22.8 Å². The largest absolute Gasteiger partial charge is 0.495 e. The van der Waals surface area contributed by atoms with Crippen molar-refractivity contribution in [2.24, 2.45) is 0 Å². The Balaban J connectivity index is 1.79. The summed E-state index contributed by atoms with van der Waals surface area (Å²) in [5, 5.41) is 2.71. The van der Waals surface area contributed by atoms with Crippen LogP contribution in [0.4, 0.5) is 5.69 Å². The molecule has 0 bridgehead atoms. The maximum atomic E-state index is 11.8. The maximum Gasteiger partial charge on any atom is 0.258 e. The van der Waals surface area contributed by atoms with Gasteiger partial charge < -0.3 is 29.7 Å². The number of imidazole rings is 1. The Morgan fingerprint density at radius 1 is 1.26 bits per heavy atom. The second-order valence-electron chi connectivity index (χ2n) is 5.82. The Morgan fingerprint density at radius 3 is 2.85 bits per heavy atom. The first-order valence-corrected chi connectivity index (χ1v) is 8.42. The lowest BCUT2D eigenvalue weighted by Gasteiger charge is -2.07. The summed E-state index contributed by atoms with van der Waals surface area (Å²) in [5.41, 5.74) is 8.74. The molecule has 27 heavy (non-hydrogen) atoms. The van der Waals surface area contributed by atoms with Crippen LogP contribution in [0.1, 0.15) is 0 Å². The predicted octanol–water partition coefficient (Wildman–Crippen LogP) is 1.73. The highest BCUT2D eigenvalue weighted by Gasteiger charge is 2.11. The number of nitrogens with one attached hydrogen (secondary N) is 1. The van der Waals surface area contributed by atoms with E-state index in [0.29, 0.717) is 36.0 Å². The third-order valence-corrected chi connectivity index (χ3v) is 3.96. The van der Waals surface area contributed by atoms with E-state index in [9.17, 15) is 4.79 Å². The zero-order valence-corrected chi connectivity index (χ0v) is 15.3. The normalized spacial score (nSPS) is 10.7. The van der Waals surface area contributed by atoms with E-state index in [4.69, 9.17) is 19.9 Å². The topological polar surface area (TPSA) is 100 Å². The number of carbonyl (C=O) groups is 1. The molecule has 0 aliphatic rings. The van der Waals surface area contributed by atoms with Crippen LogP contribution in [0.25, 0.3) is 16.9 Å². The summed E-state index contributed by atoms with van der Waals surface area (Å²) in [4.78, 5) is 16.4. The molecule has 2 aromatic heterocycles. The highest BCUT2D eigenvalue weighted by molar-refractivity contribution is 5.78. The Morgan fingerprint density at radius 2 is 2.11 bits per heavy atom. The van der Waals surface area contributed by atoms with Crippen LogP contribution in [0.15, 0.2) is 42.7 Å². The number of hydrogen-bond acceptors (Lipinski definition) is 6. The molecule has 0 atom stereocenters. The number of nitrogens with zero attached hydrogens (tertiary/aromatic N) is 2. The summed E-state index contributed by atoms with van der Waals surface area (Å²) in [6.07, 6.45) is 3.74. The van der Waals surface area contributed by atoms with Crippen LogP contribution in [0.3, 0.4) is 0 Å². The third kappa shape index (κ3) is 4.29. The molecular weight excluding hydrogens is 348 g/mol. The van der Waals surface area contributed by atoms with Crippen molar-refractivity contribution in [3.63, 3.8) is 0 Å². The predicted molar refractivity (Wildman–Crippen MR) is 102 cm³/mol. The fourth-order valence-corrected chi connectivity index (χ4v) is 2.62. The van der Waals surface area contributed by atoms with Gasteiger partial charge in [-0.3, -0.25) is 4.79 Å². The molecule has 142 valence electrons. The van der Waals surface area contributed by atoms with Gasteiger partial charge in [0.25, 0.3) is 5.91 Å². The lowest BCUT2D eigenvalue weighted by Crippen LogP contribution is -2.31. The minimum absolute atomic E-state index is 0.0962. The van der Waals surface area contributed by atoms with Gasteiger partial charge in [0.2, 0.25) is 0 Å². The molecule has 0 aliphatic heterocycles. The van der Waals surface area contributed by atoms with Crippen LogP contribution in [0.2, 0.25) is 0 Å². The molecule has 0 saturated carbocycles. The number of fused-ring (bicyclic) bond motifs is 1. The second kappa shape index (κ2) is 8.41.